The van der Waals surface area contributed by atoms with Gasteiger partial charge in [-0.1, -0.05) is 19.0 Å². The Balaban J connectivity index is 3.15. The Bertz CT molecular complexity index is 124. The first-order chi connectivity index (χ1) is 5.16. The summed E-state index contributed by atoms with van der Waals surface area (Å²) >= 11 is 0. The highest BCUT2D eigenvalue weighted by molar-refractivity contribution is 5.79. The van der Waals surface area contributed by atoms with E-state index in [9.17, 15) is 0 Å². The molecule has 0 aromatic heterocycles. The third kappa shape index (κ3) is 7.12. The summed E-state index contributed by atoms with van der Waals surface area (Å²) in [4.78, 5) is 0. The number of nitrogens with zero attached hydrogens (tertiary/aromatic N) is 1. The molecule has 0 aromatic rings. The minimum absolute atomic E-state index is 0.216. The SMILES string of the molecule is CC(C)COCC/C(N)=N/O. The summed E-state index contributed by atoms with van der Waals surface area (Å²) in [7, 11) is 0. The van der Waals surface area contributed by atoms with E-state index in [0.29, 0.717) is 18.9 Å². The van der Waals surface area contributed by atoms with Crippen molar-refractivity contribution in [2.75, 3.05) is 13.2 Å². The smallest absolute Gasteiger partial charge is 0.141 e. The maximum Gasteiger partial charge on any atom is 0.141 e. The second-order valence-corrected chi connectivity index (χ2v) is 2.81. The molecule has 3 N–H and O–H groups in total. The lowest BCUT2D eigenvalue weighted by Crippen LogP contribution is -2.15. The lowest BCUT2D eigenvalue weighted by molar-refractivity contribution is 0.115. The lowest BCUT2D eigenvalue weighted by atomic mass is 10.2. The molecule has 0 aromatic carbocycles. The van der Waals surface area contributed by atoms with Gasteiger partial charge in [-0.15, -0.1) is 0 Å². The van der Waals surface area contributed by atoms with Gasteiger partial charge in [0.2, 0.25) is 0 Å². The minimum Gasteiger partial charge on any atom is -0.409 e. The molecular formula is C7H16N2O2. The molecule has 66 valence electrons. The molecule has 0 saturated heterocycles. The van der Waals surface area contributed by atoms with Crippen LogP contribution in [-0.2, 0) is 4.74 Å². The fraction of sp³-hybridized carbons (Fsp3) is 0.857. The third-order valence-corrected chi connectivity index (χ3v) is 1.08. The number of nitrogens with two attached hydrogens (primary N) is 1. The van der Waals surface area contributed by atoms with Gasteiger partial charge < -0.3 is 15.7 Å². The minimum atomic E-state index is 0.216. The summed E-state index contributed by atoms with van der Waals surface area (Å²) in [5.41, 5.74) is 5.21. The second kappa shape index (κ2) is 5.97. The van der Waals surface area contributed by atoms with E-state index in [2.05, 4.69) is 19.0 Å². The molecule has 0 aliphatic carbocycles. The van der Waals surface area contributed by atoms with Gasteiger partial charge in [0.25, 0.3) is 0 Å². The number of oxime groups is 1. The summed E-state index contributed by atoms with van der Waals surface area (Å²) in [5.74, 6) is 0.746. The molecule has 4 nitrogen and oxygen atoms in total. The maximum atomic E-state index is 8.15. The van der Waals surface area contributed by atoms with Gasteiger partial charge in [0, 0.05) is 13.0 Å². The average Bonchev–Trinajstić information content (AvgIpc) is 1.97. The van der Waals surface area contributed by atoms with Crippen molar-refractivity contribution < 1.29 is 9.94 Å². The Labute approximate surface area is 67.0 Å². The summed E-state index contributed by atoms with van der Waals surface area (Å²) < 4.78 is 5.20. The monoisotopic (exact) mass is 160 g/mol. The van der Waals surface area contributed by atoms with Crippen molar-refractivity contribution in [2.45, 2.75) is 20.3 Å². The number of rotatable bonds is 5. The van der Waals surface area contributed by atoms with E-state index in [1.54, 1.807) is 0 Å². The van der Waals surface area contributed by atoms with E-state index in [4.69, 9.17) is 15.7 Å². The highest BCUT2D eigenvalue weighted by atomic mass is 16.5. The zero-order valence-corrected chi connectivity index (χ0v) is 7.08. The van der Waals surface area contributed by atoms with Crippen molar-refractivity contribution in [1.82, 2.24) is 0 Å². The standard InChI is InChI=1S/C7H16N2O2/c1-6(2)5-11-4-3-7(8)9-10/h6,10H,3-5H2,1-2H3,(H2,8,9). The molecule has 0 atom stereocenters. The zero-order valence-electron chi connectivity index (χ0n) is 7.08. The van der Waals surface area contributed by atoms with Gasteiger partial charge in [0.1, 0.15) is 5.84 Å². The third-order valence-electron chi connectivity index (χ3n) is 1.08. The number of ether oxygens (including phenoxy) is 1. The molecule has 4 heteroatoms. The van der Waals surface area contributed by atoms with Crippen molar-refractivity contribution in [3.8, 4) is 0 Å². The summed E-state index contributed by atoms with van der Waals surface area (Å²) in [6, 6.07) is 0. The van der Waals surface area contributed by atoms with Crippen LogP contribution in [0.2, 0.25) is 0 Å². The first-order valence-electron chi connectivity index (χ1n) is 3.71. The van der Waals surface area contributed by atoms with E-state index in [1.165, 1.54) is 0 Å². The molecule has 0 spiro atoms. The van der Waals surface area contributed by atoms with Crippen molar-refractivity contribution in [2.24, 2.45) is 16.8 Å². The molecule has 0 rings (SSSR count). The molecule has 0 aliphatic heterocycles. The van der Waals surface area contributed by atoms with Crippen molar-refractivity contribution in [3.63, 3.8) is 0 Å². The van der Waals surface area contributed by atoms with E-state index < -0.39 is 0 Å². The topological polar surface area (TPSA) is 67.8 Å². The van der Waals surface area contributed by atoms with Crippen LogP contribution in [0.1, 0.15) is 20.3 Å². The second-order valence-electron chi connectivity index (χ2n) is 2.81. The first-order valence-corrected chi connectivity index (χ1v) is 3.71. The number of hydrogen-bond acceptors (Lipinski definition) is 3. The maximum absolute atomic E-state index is 8.15. The predicted octanol–water partition coefficient (Wildman–Crippen LogP) is 0.796. The van der Waals surface area contributed by atoms with Crippen LogP contribution in [0.3, 0.4) is 0 Å². The van der Waals surface area contributed by atoms with Gasteiger partial charge in [-0.3, -0.25) is 0 Å². The highest BCUT2D eigenvalue weighted by Crippen LogP contribution is 1.92. The summed E-state index contributed by atoms with van der Waals surface area (Å²) in [5, 5.41) is 11.0. The van der Waals surface area contributed by atoms with E-state index in [-0.39, 0.29) is 5.84 Å². The molecule has 0 fully saturated rings. The molecule has 0 heterocycles. The fourth-order valence-corrected chi connectivity index (χ4v) is 0.546. The van der Waals surface area contributed by atoms with Gasteiger partial charge in [0.15, 0.2) is 0 Å². The van der Waals surface area contributed by atoms with E-state index in [0.717, 1.165) is 6.61 Å². The molecule has 0 saturated carbocycles. The Kier molecular flexibility index (Phi) is 5.56. The molecule has 0 bridgehead atoms. The number of amidine groups is 1. The predicted molar refractivity (Wildman–Crippen MR) is 43.7 cm³/mol. The summed E-state index contributed by atoms with van der Waals surface area (Å²) in [6.45, 7) is 5.39. The average molecular weight is 160 g/mol. The van der Waals surface area contributed by atoms with Crippen molar-refractivity contribution in [1.29, 1.82) is 0 Å². The largest absolute Gasteiger partial charge is 0.409 e. The van der Waals surface area contributed by atoms with Crippen molar-refractivity contribution >= 4 is 5.84 Å². The Morgan fingerprint density at radius 2 is 2.27 bits per heavy atom. The molecule has 0 aliphatic rings. The van der Waals surface area contributed by atoms with Crippen LogP contribution < -0.4 is 5.73 Å². The van der Waals surface area contributed by atoms with Crippen LogP contribution in [0, 0.1) is 5.92 Å². The Morgan fingerprint density at radius 1 is 1.64 bits per heavy atom. The number of hydrogen-bond donors (Lipinski definition) is 2. The highest BCUT2D eigenvalue weighted by Gasteiger charge is 1.95. The van der Waals surface area contributed by atoms with Gasteiger partial charge in [-0.2, -0.15) is 0 Å². The quantitative estimate of drug-likeness (QED) is 0.205. The molecule has 0 unspecified atom stereocenters. The first kappa shape index (κ1) is 10.2. The lowest BCUT2D eigenvalue weighted by Gasteiger charge is -2.05. The van der Waals surface area contributed by atoms with Gasteiger partial charge in [-0.25, -0.2) is 0 Å². The summed E-state index contributed by atoms with van der Waals surface area (Å²) in [6.07, 6.45) is 0.489. The molecule has 11 heavy (non-hydrogen) atoms. The molecule has 0 amide bonds. The van der Waals surface area contributed by atoms with Crippen LogP contribution in [-0.4, -0.2) is 24.3 Å². The molecular weight excluding hydrogens is 144 g/mol. The van der Waals surface area contributed by atoms with Crippen LogP contribution in [0.15, 0.2) is 5.16 Å². The van der Waals surface area contributed by atoms with Crippen LogP contribution in [0.4, 0.5) is 0 Å². The van der Waals surface area contributed by atoms with Crippen LogP contribution >= 0.6 is 0 Å². The molecule has 0 radical (unpaired) electrons. The normalized spacial score (nSPS) is 12.5. The Morgan fingerprint density at radius 3 is 2.73 bits per heavy atom. The fourth-order valence-electron chi connectivity index (χ4n) is 0.546. The van der Waals surface area contributed by atoms with Gasteiger partial charge in [0.05, 0.1) is 6.61 Å². The van der Waals surface area contributed by atoms with E-state index in [1.807, 2.05) is 0 Å². The van der Waals surface area contributed by atoms with Crippen LogP contribution in [0.25, 0.3) is 0 Å². The zero-order chi connectivity index (χ0) is 8.69. The van der Waals surface area contributed by atoms with Crippen molar-refractivity contribution in [3.05, 3.63) is 0 Å². The van der Waals surface area contributed by atoms with E-state index >= 15 is 0 Å². The van der Waals surface area contributed by atoms with Gasteiger partial charge in [-0.05, 0) is 5.92 Å². The Hall–Kier alpha value is -0.770. The van der Waals surface area contributed by atoms with Crippen LogP contribution in [0.5, 0.6) is 0 Å². The van der Waals surface area contributed by atoms with Gasteiger partial charge >= 0.3 is 0 Å².